The number of hydrogen-bond acceptors (Lipinski definition) is 4. The number of nitrogens with zero attached hydrogens (tertiary/aromatic N) is 2. The summed E-state index contributed by atoms with van der Waals surface area (Å²) in [5, 5.41) is 9.22. The average Bonchev–Trinajstić information content (AvgIpc) is 2.73. The molecule has 1 atom stereocenters. The highest BCUT2D eigenvalue weighted by atomic mass is 16.5. The molecule has 6 nitrogen and oxygen atoms in total. The minimum atomic E-state index is -0.443. The van der Waals surface area contributed by atoms with Gasteiger partial charge >= 0.3 is 11.7 Å². The fraction of sp³-hybridized carbons (Fsp3) is 0.714. The summed E-state index contributed by atoms with van der Waals surface area (Å²) >= 11 is 0. The highest BCUT2D eigenvalue weighted by Crippen LogP contribution is 2.19. The Hall–Kier alpha value is -1.56. The van der Waals surface area contributed by atoms with E-state index in [0.717, 1.165) is 17.6 Å². The summed E-state index contributed by atoms with van der Waals surface area (Å²) in [7, 11) is 0. The first-order valence-corrected chi connectivity index (χ1v) is 7.08. The molecular weight excluding hydrogens is 260 g/mol. The van der Waals surface area contributed by atoms with E-state index in [0.29, 0.717) is 24.3 Å². The quantitative estimate of drug-likeness (QED) is 0.893. The maximum atomic E-state index is 12.4. The molecule has 1 aliphatic rings. The van der Waals surface area contributed by atoms with Crippen molar-refractivity contribution in [2.75, 3.05) is 19.7 Å². The van der Waals surface area contributed by atoms with Crippen molar-refractivity contribution in [1.29, 1.82) is 0 Å². The molecule has 1 saturated heterocycles. The third-order valence-corrected chi connectivity index (χ3v) is 3.89. The third-order valence-electron chi connectivity index (χ3n) is 3.89. The van der Waals surface area contributed by atoms with E-state index in [1.54, 1.807) is 11.8 Å². The largest absolute Gasteiger partial charge is 0.396 e. The van der Waals surface area contributed by atoms with Gasteiger partial charge in [0, 0.05) is 19.7 Å². The van der Waals surface area contributed by atoms with Crippen LogP contribution in [0.3, 0.4) is 0 Å². The highest BCUT2D eigenvalue weighted by Gasteiger charge is 2.28. The first-order valence-electron chi connectivity index (χ1n) is 7.08. The predicted octanol–water partition coefficient (Wildman–Crippen LogP) is 1.55. The number of rotatable bonds is 2. The molecule has 20 heavy (non-hydrogen) atoms. The molecule has 1 aliphatic heterocycles. The lowest BCUT2D eigenvalue weighted by atomic mass is 9.99. The van der Waals surface area contributed by atoms with Crippen LogP contribution in [0, 0.1) is 12.8 Å². The van der Waals surface area contributed by atoms with Crippen molar-refractivity contribution in [3.8, 4) is 0 Å². The molecule has 2 heterocycles. The minimum Gasteiger partial charge on any atom is -0.396 e. The number of aliphatic hydroxyl groups is 1. The Balaban J connectivity index is 2.25. The molecule has 0 bridgehead atoms. The van der Waals surface area contributed by atoms with Crippen LogP contribution in [0.4, 0.5) is 4.79 Å². The van der Waals surface area contributed by atoms with Crippen LogP contribution in [-0.4, -0.2) is 40.5 Å². The summed E-state index contributed by atoms with van der Waals surface area (Å²) < 4.78 is 6.19. The fourth-order valence-corrected chi connectivity index (χ4v) is 2.81. The van der Waals surface area contributed by atoms with E-state index < -0.39 is 5.63 Å². The molecule has 1 fully saturated rings. The summed E-state index contributed by atoms with van der Waals surface area (Å²) in [4.78, 5) is 25.9. The molecule has 0 aromatic carbocycles. The van der Waals surface area contributed by atoms with Gasteiger partial charge in [-0.25, -0.2) is 9.59 Å². The maximum absolute atomic E-state index is 12.4. The lowest BCUT2D eigenvalue weighted by molar-refractivity contribution is 0.115. The monoisotopic (exact) mass is 282 g/mol. The number of carbonyl (C=O) groups is 1. The Morgan fingerprint density at radius 2 is 2.20 bits per heavy atom. The number of amides is 1. The van der Waals surface area contributed by atoms with Gasteiger partial charge in [0.2, 0.25) is 0 Å². The van der Waals surface area contributed by atoms with Crippen LogP contribution in [0.25, 0.3) is 0 Å². The Kier molecular flexibility index (Phi) is 4.32. The van der Waals surface area contributed by atoms with Gasteiger partial charge in [0.15, 0.2) is 0 Å². The Labute approximate surface area is 117 Å². The molecule has 1 amide bonds. The van der Waals surface area contributed by atoms with Gasteiger partial charge < -0.3 is 14.5 Å². The van der Waals surface area contributed by atoms with E-state index in [2.05, 4.69) is 0 Å². The molecule has 6 heteroatoms. The molecule has 0 saturated carbocycles. The van der Waals surface area contributed by atoms with Crippen LogP contribution >= 0.6 is 0 Å². The van der Waals surface area contributed by atoms with Crippen molar-refractivity contribution in [3.63, 3.8) is 0 Å². The van der Waals surface area contributed by atoms with E-state index in [1.807, 2.05) is 13.8 Å². The van der Waals surface area contributed by atoms with Crippen molar-refractivity contribution in [3.05, 3.63) is 21.7 Å². The predicted molar refractivity (Wildman–Crippen MR) is 74.0 cm³/mol. The summed E-state index contributed by atoms with van der Waals surface area (Å²) in [5.41, 5.74) is 0.678. The lowest BCUT2D eigenvalue weighted by Crippen LogP contribution is -2.43. The zero-order valence-corrected chi connectivity index (χ0v) is 12.3. The summed E-state index contributed by atoms with van der Waals surface area (Å²) in [5.74, 6) is 0.131. The Bertz CT molecular complexity index is 544. The van der Waals surface area contributed by atoms with Gasteiger partial charge in [-0.2, -0.15) is 0 Å². The molecule has 0 unspecified atom stereocenters. The van der Waals surface area contributed by atoms with Gasteiger partial charge in [-0.1, -0.05) is 13.8 Å². The number of piperidine rings is 1. The molecule has 0 spiro atoms. The molecule has 0 aliphatic carbocycles. The van der Waals surface area contributed by atoms with Crippen LogP contribution in [-0.2, 0) is 0 Å². The molecule has 112 valence electrons. The molecule has 1 aromatic rings. The van der Waals surface area contributed by atoms with Gasteiger partial charge in [-0.05, 0) is 31.6 Å². The number of hydrogen-bond donors (Lipinski definition) is 1. The van der Waals surface area contributed by atoms with Crippen molar-refractivity contribution in [2.24, 2.45) is 5.92 Å². The number of aromatic nitrogens is 1. The Morgan fingerprint density at radius 1 is 1.50 bits per heavy atom. The number of aliphatic hydroxyl groups excluding tert-OH is 1. The molecule has 0 radical (unpaired) electrons. The fourth-order valence-electron chi connectivity index (χ4n) is 2.81. The maximum Gasteiger partial charge on any atom is 0.361 e. The molecule has 2 rings (SSSR count). The van der Waals surface area contributed by atoms with Crippen LogP contribution in [0.1, 0.15) is 43.9 Å². The van der Waals surface area contributed by atoms with Gasteiger partial charge in [0.05, 0.1) is 11.3 Å². The van der Waals surface area contributed by atoms with E-state index in [9.17, 15) is 14.7 Å². The molecular formula is C14H22N2O4. The van der Waals surface area contributed by atoms with Crippen molar-refractivity contribution in [1.82, 2.24) is 9.64 Å². The first kappa shape index (κ1) is 14.8. The lowest BCUT2D eigenvalue weighted by Gasteiger charge is -2.31. The van der Waals surface area contributed by atoms with E-state index >= 15 is 0 Å². The molecule has 1 N–H and O–H groups in total. The summed E-state index contributed by atoms with van der Waals surface area (Å²) in [6, 6.07) is -0.315. The first-order chi connectivity index (χ1) is 9.45. The molecule has 1 aromatic heterocycles. The second-order valence-electron chi connectivity index (χ2n) is 5.75. The normalized spacial score (nSPS) is 19.6. The number of carbonyl (C=O) groups excluding carboxylic acids is 1. The van der Waals surface area contributed by atoms with Gasteiger partial charge in [-0.3, -0.25) is 0 Å². The SMILES string of the molecule is Cc1c(C(C)C)c(=O)on1C(=O)N1CCC[C@H](CO)C1. The Morgan fingerprint density at radius 3 is 2.75 bits per heavy atom. The van der Waals surface area contributed by atoms with Gasteiger partial charge in [0.25, 0.3) is 0 Å². The highest BCUT2D eigenvalue weighted by molar-refractivity contribution is 5.76. The van der Waals surface area contributed by atoms with Crippen molar-refractivity contribution < 1.29 is 14.4 Å². The smallest absolute Gasteiger partial charge is 0.361 e. The zero-order valence-electron chi connectivity index (χ0n) is 12.3. The van der Waals surface area contributed by atoms with E-state index in [4.69, 9.17) is 4.52 Å². The van der Waals surface area contributed by atoms with Gasteiger partial charge in [-0.15, -0.1) is 4.74 Å². The zero-order chi connectivity index (χ0) is 14.9. The van der Waals surface area contributed by atoms with Crippen LogP contribution < -0.4 is 5.63 Å². The standard InChI is InChI=1S/C14H22N2O4/c1-9(2)12-10(3)16(20-13(12)18)14(19)15-6-4-5-11(7-15)8-17/h9,11,17H,4-8H2,1-3H3/t11-/m0/s1. The van der Waals surface area contributed by atoms with Crippen molar-refractivity contribution >= 4 is 6.03 Å². The minimum absolute atomic E-state index is 0.0202. The number of likely N-dealkylation sites (tertiary alicyclic amines) is 1. The third kappa shape index (κ3) is 2.65. The van der Waals surface area contributed by atoms with Crippen LogP contribution in [0.5, 0.6) is 0 Å². The summed E-state index contributed by atoms with van der Waals surface area (Å²) in [6.45, 7) is 6.75. The second-order valence-corrected chi connectivity index (χ2v) is 5.75. The van der Waals surface area contributed by atoms with Gasteiger partial charge in [0.1, 0.15) is 0 Å². The van der Waals surface area contributed by atoms with Crippen LogP contribution in [0.2, 0.25) is 0 Å². The topological polar surface area (TPSA) is 75.7 Å². The average molecular weight is 282 g/mol. The van der Waals surface area contributed by atoms with Crippen LogP contribution in [0.15, 0.2) is 9.32 Å². The van der Waals surface area contributed by atoms with Crippen molar-refractivity contribution in [2.45, 2.75) is 39.5 Å². The second kappa shape index (κ2) is 5.83. The summed E-state index contributed by atoms with van der Waals surface area (Å²) in [6.07, 6.45) is 1.78. The van der Waals surface area contributed by atoms with E-state index in [1.165, 1.54) is 0 Å². The van der Waals surface area contributed by atoms with E-state index in [-0.39, 0.29) is 24.5 Å².